The van der Waals surface area contributed by atoms with Gasteiger partial charge in [-0.1, -0.05) is 121 Å². The van der Waals surface area contributed by atoms with Crippen LogP contribution in [0, 0.1) is 0 Å². The molecular weight excluding hydrogens is 506 g/mol. The number of nitrogens with two attached hydrogens (primary N) is 1. The lowest BCUT2D eigenvalue weighted by Gasteiger charge is -2.09. The van der Waals surface area contributed by atoms with Gasteiger partial charge in [-0.15, -0.1) is 11.3 Å². The van der Waals surface area contributed by atoms with E-state index in [2.05, 4.69) is 17.6 Å². The Bertz CT molecular complexity index is 946. The first kappa shape index (κ1) is 32.7. The number of anilines is 3. The Morgan fingerprint density at radius 2 is 1.28 bits per heavy atom. The summed E-state index contributed by atoms with van der Waals surface area (Å²) in [5.41, 5.74) is 7.56. The highest BCUT2D eigenvalue weighted by Gasteiger charge is 2.26. The monoisotopic (exact) mass is 557 g/mol. The molecule has 1 amide bonds. The highest BCUT2D eigenvalue weighted by molar-refractivity contribution is 7.19. The van der Waals surface area contributed by atoms with Gasteiger partial charge in [0.25, 0.3) is 5.91 Å². The van der Waals surface area contributed by atoms with E-state index >= 15 is 0 Å². The van der Waals surface area contributed by atoms with Crippen LogP contribution in [-0.4, -0.2) is 25.0 Å². The van der Waals surface area contributed by atoms with Crippen molar-refractivity contribution in [3.8, 4) is 0 Å². The number of ether oxygens (including phenoxy) is 1. The van der Waals surface area contributed by atoms with Gasteiger partial charge >= 0.3 is 5.97 Å². The minimum atomic E-state index is -0.507. The average molecular weight is 558 g/mol. The molecule has 2 aromatic rings. The van der Waals surface area contributed by atoms with E-state index in [1.807, 2.05) is 30.3 Å². The third kappa shape index (κ3) is 12.9. The molecule has 7 heteroatoms. The van der Waals surface area contributed by atoms with Gasteiger partial charge in [0.05, 0.1) is 17.9 Å². The predicted molar refractivity (Wildman–Crippen MR) is 166 cm³/mol. The molecule has 0 spiro atoms. The minimum Gasteiger partial charge on any atom is -0.462 e. The average Bonchev–Trinajstić information content (AvgIpc) is 3.26. The second-order valence-corrected chi connectivity index (χ2v) is 11.3. The third-order valence-electron chi connectivity index (χ3n) is 6.98. The molecule has 1 heterocycles. The first-order valence-electron chi connectivity index (χ1n) is 15.3. The fourth-order valence-electron chi connectivity index (χ4n) is 4.72. The smallest absolute Gasteiger partial charge is 0.350 e. The zero-order chi connectivity index (χ0) is 28.1. The zero-order valence-electron chi connectivity index (χ0n) is 24.3. The van der Waals surface area contributed by atoms with Gasteiger partial charge in [0.2, 0.25) is 0 Å². The fraction of sp³-hybridized carbons (Fsp3) is 0.625. The Morgan fingerprint density at radius 1 is 0.769 bits per heavy atom. The normalized spacial score (nSPS) is 10.9. The van der Waals surface area contributed by atoms with E-state index in [0.717, 1.165) is 29.9 Å². The molecule has 39 heavy (non-hydrogen) atoms. The Kier molecular flexibility index (Phi) is 17.1. The number of rotatable bonds is 22. The number of nitrogens with one attached hydrogen (secondary N) is 2. The number of nitrogen functional groups attached to an aromatic ring is 1. The summed E-state index contributed by atoms with van der Waals surface area (Å²) in [5, 5.41) is 6.78. The van der Waals surface area contributed by atoms with Gasteiger partial charge in [-0.3, -0.25) is 4.79 Å². The van der Waals surface area contributed by atoms with Crippen molar-refractivity contribution in [3.05, 3.63) is 40.8 Å². The molecule has 0 radical (unpaired) electrons. The molecular formula is C32H51N3O3S. The Labute approximate surface area is 240 Å². The van der Waals surface area contributed by atoms with Crippen LogP contribution in [0.4, 0.5) is 16.4 Å². The van der Waals surface area contributed by atoms with Crippen molar-refractivity contribution >= 4 is 39.6 Å². The fourth-order valence-corrected chi connectivity index (χ4v) is 5.75. The number of carbonyl (C=O) groups is 2. The summed E-state index contributed by atoms with van der Waals surface area (Å²) < 4.78 is 5.14. The summed E-state index contributed by atoms with van der Waals surface area (Å²) >= 11 is 1.15. The van der Waals surface area contributed by atoms with Crippen LogP contribution in [0.1, 0.15) is 137 Å². The van der Waals surface area contributed by atoms with E-state index < -0.39 is 5.97 Å². The molecule has 6 nitrogen and oxygen atoms in total. The van der Waals surface area contributed by atoms with Gasteiger partial charge < -0.3 is 21.1 Å². The number of amides is 1. The van der Waals surface area contributed by atoms with Gasteiger partial charge in [0.1, 0.15) is 9.88 Å². The van der Waals surface area contributed by atoms with Gasteiger partial charge in [0, 0.05) is 12.2 Å². The second-order valence-electron chi connectivity index (χ2n) is 10.3. The van der Waals surface area contributed by atoms with Crippen molar-refractivity contribution in [3.63, 3.8) is 0 Å². The third-order valence-corrected chi connectivity index (χ3v) is 8.08. The van der Waals surface area contributed by atoms with E-state index in [1.54, 1.807) is 6.92 Å². The van der Waals surface area contributed by atoms with Crippen LogP contribution < -0.4 is 16.4 Å². The second kappa shape index (κ2) is 20.4. The quantitative estimate of drug-likeness (QED) is 0.0991. The minimum absolute atomic E-state index is 0.168. The molecule has 1 aromatic carbocycles. The number of carbonyl (C=O) groups excluding carboxylic acids is 2. The van der Waals surface area contributed by atoms with Gasteiger partial charge in [0.15, 0.2) is 0 Å². The van der Waals surface area contributed by atoms with Crippen molar-refractivity contribution < 1.29 is 14.3 Å². The molecule has 0 saturated carbocycles. The van der Waals surface area contributed by atoms with Crippen LogP contribution >= 0.6 is 11.3 Å². The topological polar surface area (TPSA) is 93.5 Å². The number of hydrogen-bond acceptors (Lipinski definition) is 6. The molecule has 0 unspecified atom stereocenters. The van der Waals surface area contributed by atoms with Crippen molar-refractivity contribution in [2.45, 2.75) is 117 Å². The molecule has 0 bridgehead atoms. The van der Waals surface area contributed by atoms with Crippen molar-refractivity contribution in [2.24, 2.45) is 0 Å². The van der Waals surface area contributed by atoms with Crippen LogP contribution in [0.3, 0.4) is 0 Å². The Balaban J connectivity index is 1.63. The van der Waals surface area contributed by atoms with Gasteiger partial charge in [-0.25, -0.2) is 4.79 Å². The van der Waals surface area contributed by atoms with Crippen LogP contribution in [0.15, 0.2) is 30.3 Å². The highest BCUT2D eigenvalue weighted by Crippen LogP contribution is 2.38. The van der Waals surface area contributed by atoms with Crippen molar-refractivity contribution in [1.82, 2.24) is 5.32 Å². The predicted octanol–water partition coefficient (Wildman–Crippen LogP) is 9.24. The largest absolute Gasteiger partial charge is 0.462 e. The summed E-state index contributed by atoms with van der Waals surface area (Å²) in [4.78, 5) is 25.7. The van der Waals surface area contributed by atoms with Gasteiger partial charge in [-0.05, 0) is 25.5 Å². The maximum atomic E-state index is 13.1. The van der Waals surface area contributed by atoms with E-state index in [1.165, 1.54) is 89.9 Å². The first-order valence-corrected chi connectivity index (χ1v) is 16.1. The number of benzene rings is 1. The maximum absolute atomic E-state index is 13.1. The number of hydrogen-bond donors (Lipinski definition) is 3. The van der Waals surface area contributed by atoms with Gasteiger partial charge in [-0.2, -0.15) is 0 Å². The summed E-state index contributed by atoms with van der Waals surface area (Å²) in [5.74, 6) is -0.772. The summed E-state index contributed by atoms with van der Waals surface area (Å²) in [6.45, 7) is 4.86. The van der Waals surface area contributed by atoms with Crippen molar-refractivity contribution in [1.29, 1.82) is 0 Å². The molecule has 0 fully saturated rings. The van der Waals surface area contributed by atoms with Crippen molar-refractivity contribution in [2.75, 3.05) is 24.2 Å². The SMILES string of the molecule is CCCCCCCCCCCCCCCCCCNC(=O)c1c(Nc2ccccc2)sc(C(=O)OCC)c1N. The zero-order valence-corrected chi connectivity index (χ0v) is 25.1. The number of para-hydroxylation sites is 1. The molecule has 0 saturated heterocycles. The molecule has 0 aliphatic rings. The molecule has 0 aliphatic carbocycles. The van der Waals surface area contributed by atoms with Crippen LogP contribution in [0.5, 0.6) is 0 Å². The lowest BCUT2D eigenvalue weighted by molar-refractivity contribution is 0.0533. The Hall–Kier alpha value is -2.54. The number of esters is 1. The summed E-state index contributed by atoms with van der Waals surface area (Å²) in [6.07, 6.45) is 21.1. The van der Waals surface area contributed by atoms with Crippen LogP contribution in [0.25, 0.3) is 0 Å². The van der Waals surface area contributed by atoms with E-state index in [9.17, 15) is 9.59 Å². The molecule has 0 atom stereocenters. The van der Waals surface area contributed by atoms with E-state index in [-0.39, 0.29) is 23.1 Å². The lowest BCUT2D eigenvalue weighted by atomic mass is 10.0. The number of thiophene rings is 1. The first-order chi connectivity index (χ1) is 19.1. The molecule has 2 rings (SSSR count). The molecule has 1 aromatic heterocycles. The molecule has 4 N–H and O–H groups in total. The lowest BCUT2D eigenvalue weighted by Crippen LogP contribution is -2.25. The maximum Gasteiger partial charge on any atom is 0.350 e. The van der Waals surface area contributed by atoms with Crippen LogP contribution in [-0.2, 0) is 4.74 Å². The highest BCUT2D eigenvalue weighted by atomic mass is 32.1. The Morgan fingerprint density at radius 3 is 1.79 bits per heavy atom. The van der Waals surface area contributed by atoms with E-state index in [4.69, 9.17) is 10.5 Å². The van der Waals surface area contributed by atoms with Crippen LogP contribution in [0.2, 0.25) is 0 Å². The number of unbranched alkanes of at least 4 members (excludes halogenated alkanes) is 15. The van der Waals surface area contributed by atoms with E-state index in [0.29, 0.717) is 17.1 Å². The summed E-state index contributed by atoms with van der Waals surface area (Å²) in [6, 6.07) is 9.53. The molecule has 0 aliphatic heterocycles. The standard InChI is InChI=1S/C32H51N3O3S/c1-3-5-6-7-8-9-10-11-12-13-14-15-16-17-18-22-25-34-30(36)27-28(33)29(32(37)38-4-2)39-31(27)35-26-23-20-19-21-24-26/h19-21,23-24,35H,3-18,22,25,33H2,1-2H3,(H,34,36). The summed E-state index contributed by atoms with van der Waals surface area (Å²) in [7, 11) is 0. The molecule has 218 valence electrons.